The van der Waals surface area contributed by atoms with Crippen molar-refractivity contribution in [2.45, 2.75) is 24.4 Å². The molecule has 9 heteroatoms. The molecule has 6 nitrogen and oxygen atoms in total. The maximum Gasteiger partial charge on any atom is 0.417 e. The fraction of sp³-hybridized carbons (Fsp3) is 0.259. The van der Waals surface area contributed by atoms with Crippen LogP contribution in [0.15, 0.2) is 60.7 Å². The number of ether oxygens (including phenoxy) is 2. The lowest BCUT2D eigenvalue weighted by atomic mass is 9.93. The van der Waals surface area contributed by atoms with Gasteiger partial charge in [0.1, 0.15) is 0 Å². The third-order valence-corrected chi connectivity index (χ3v) is 6.52. The van der Waals surface area contributed by atoms with Gasteiger partial charge in [0.15, 0.2) is 11.5 Å². The Morgan fingerprint density at radius 1 is 0.944 bits per heavy atom. The van der Waals surface area contributed by atoms with E-state index in [4.69, 9.17) is 9.47 Å². The van der Waals surface area contributed by atoms with Crippen LogP contribution in [0.4, 0.5) is 18.9 Å². The van der Waals surface area contributed by atoms with Gasteiger partial charge >= 0.3 is 6.18 Å². The van der Waals surface area contributed by atoms with Crippen molar-refractivity contribution in [1.29, 1.82) is 0 Å². The topological polar surface area (TPSA) is 67.9 Å². The van der Waals surface area contributed by atoms with Gasteiger partial charge in [-0.3, -0.25) is 9.59 Å². The maximum atomic E-state index is 13.9. The summed E-state index contributed by atoms with van der Waals surface area (Å²) in [6.07, 6.45) is -3.40. The second-order valence-corrected chi connectivity index (χ2v) is 9.14. The summed E-state index contributed by atoms with van der Waals surface area (Å²) >= 11 is 0. The number of hydrogen-bond acceptors (Lipinski definition) is 4. The molecule has 1 N–H and O–H groups in total. The summed E-state index contributed by atoms with van der Waals surface area (Å²) in [4.78, 5) is 27.0. The molecule has 1 aliphatic heterocycles. The normalized spacial score (nSPS) is 15.4. The second kappa shape index (κ2) is 8.58. The molecule has 0 atom stereocenters. The molecule has 0 radical (unpaired) electrons. The summed E-state index contributed by atoms with van der Waals surface area (Å²) in [5.41, 5.74) is -0.260. The number of nitrogens with one attached hydrogen (secondary N) is 1. The predicted molar refractivity (Wildman–Crippen MR) is 127 cm³/mol. The van der Waals surface area contributed by atoms with Crippen molar-refractivity contribution < 1.29 is 32.2 Å². The highest BCUT2D eigenvalue weighted by atomic mass is 19.4. The van der Waals surface area contributed by atoms with Crippen molar-refractivity contribution in [3.05, 3.63) is 77.4 Å². The lowest BCUT2D eigenvalue weighted by molar-refractivity contribution is -0.137. The standard InChI is InChI=1S/C27H23F3N2O4/c1-32(2)24(33)17-5-3-4-16(12-17)20-14-19(7-8-21(20)27(28,29)30)31-25(34)26(10-11-26)18-6-9-22-23(13-18)36-15-35-22/h3-9,12-14H,10-11,15H2,1-2H3,(H,31,34). The Balaban J connectivity index is 1.47. The lowest BCUT2D eigenvalue weighted by Crippen LogP contribution is -2.27. The van der Waals surface area contributed by atoms with Gasteiger partial charge < -0.3 is 19.7 Å². The first kappa shape index (κ1) is 23.7. The minimum absolute atomic E-state index is 0.119. The molecule has 1 aliphatic carbocycles. The Morgan fingerprint density at radius 3 is 2.39 bits per heavy atom. The van der Waals surface area contributed by atoms with E-state index in [1.54, 1.807) is 32.3 Å². The second-order valence-electron chi connectivity index (χ2n) is 9.14. The van der Waals surface area contributed by atoms with Crippen LogP contribution in [-0.2, 0) is 16.4 Å². The molecular weight excluding hydrogens is 473 g/mol. The maximum absolute atomic E-state index is 13.9. The minimum atomic E-state index is -4.62. The van der Waals surface area contributed by atoms with Crippen molar-refractivity contribution in [3.63, 3.8) is 0 Å². The first-order valence-corrected chi connectivity index (χ1v) is 11.3. The van der Waals surface area contributed by atoms with E-state index in [-0.39, 0.29) is 41.0 Å². The number of nitrogens with zero attached hydrogens (tertiary/aromatic N) is 1. The van der Waals surface area contributed by atoms with E-state index in [1.807, 2.05) is 6.07 Å². The van der Waals surface area contributed by atoms with E-state index in [0.717, 1.165) is 11.6 Å². The van der Waals surface area contributed by atoms with Gasteiger partial charge in [0.2, 0.25) is 12.7 Å². The number of alkyl halides is 3. The Kier molecular flexibility index (Phi) is 5.65. The first-order chi connectivity index (χ1) is 17.1. The lowest BCUT2D eigenvalue weighted by Gasteiger charge is -2.19. The average molecular weight is 496 g/mol. The van der Waals surface area contributed by atoms with Crippen LogP contribution in [0.3, 0.4) is 0 Å². The monoisotopic (exact) mass is 496 g/mol. The van der Waals surface area contributed by atoms with Gasteiger partial charge in [-0.2, -0.15) is 13.2 Å². The third kappa shape index (κ3) is 4.25. The largest absolute Gasteiger partial charge is 0.454 e. The van der Waals surface area contributed by atoms with Gasteiger partial charge in [0.05, 0.1) is 11.0 Å². The highest BCUT2D eigenvalue weighted by Crippen LogP contribution is 2.51. The highest BCUT2D eigenvalue weighted by molar-refractivity contribution is 6.02. The Bertz CT molecular complexity index is 1360. The van der Waals surface area contributed by atoms with E-state index in [9.17, 15) is 22.8 Å². The Labute approximate surface area is 205 Å². The molecule has 0 bridgehead atoms. The molecule has 5 rings (SSSR count). The first-order valence-electron chi connectivity index (χ1n) is 11.3. The minimum Gasteiger partial charge on any atom is -0.454 e. The van der Waals surface area contributed by atoms with Gasteiger partial charge in [0, 0.05) is 25.3 Å². The molecule has 0 spiro atoms. The van der Waals surface area contributed by atoms with E-state index in [0.29, 0.717) is 24.3 Å². The number of anilines is 1. The van der Waals surface area contributed by atoms with Crippen LogP contribution >= 0.6 is 0 Å². The molecular formula is C27H23F3N2O4. The summed E-state index contributed by atoms with van der Waals surface area (Å²) in [6.45, 7) is 0.119. The molecule has 186 valence electrons. The van der Waals surface area contributed by atoms with Crippen LogP contribution in [0.25, 0.3) is 11.1 Å². The van der Waals surface area contributed by atoms with Gasteiger partial charge in [-0.05, 0) is 72.0 Å². The van der Waals surface area contributed by atoms with Crippen LogP contribution in [0.5, 0.6) is 11.5 Å². The van der Waals surface area contributed by atoms with Gasteiger partial charge in [-0.1, -0.05) is 18.2 Å². The number of fused-ring (bicyclic) bond motifs is 1. The summed E-state index contributed by atoms with van der Waals surface area (Å²) < 4.78 is 52.3. The van der Waals surface area contributed by atoms with Crippen LogP contribution in [-0.4, -0.2) is 37.6 Å². The van der Waals surface area contributed by atoms with Crippen LogP contribution in [0, 0.1) is 0 Å². The molecule has 0 unspecified atom stereocenters. The van der Waals surface area contributed by atoms with Crippen molar-refractivity contribution >= 4 is 17.5 Å². The Morgan fingerprint density at radius 2 is 1.69 bits per heavy atom. The molecule has 0 aromatic heterocycles. The number of benzene rings is 3. The Hall–Kier alpha value is -4.01. The number of amides is 2. The van der Waals surface area contributed by atoms with Crippen LogP contribution in [0.2, 0.25) is 0 Å². The smallest absolute Gasteiger partial charge is 0.417 e. The van der Waals surface area contributed by atoms with Gasteiger partial charge in [-0.15, -0.1) is 0 Å². The van der Waals surface area contributed by atoms with E-state index < -0.39 is 17.2 Å². The zero-order chi connectivity index (χ0) is 25.7. The third-order valence-electron chi connectivity index (χ3n) is 6.52. The highest BCUT2D eigenvalue weighted by Gasteiger charge is 2.51. The number of carbonyl (C=O) groups excluding carboxylic acids is 2. The van der Waals surface area contributed by atoms with Crippen LogP contribution in [0.1, 0.15) is 34.3 Å². The van der Waals surface area contributed by atoms with Crippen molar-refractivity contribution in [3.8, 4) is 22.6 Å². The molecule has 3 aromatic carbocycles. The molecule has 2 amide bonds. The fourth-order valence-corrected chi connectivity index (χ4v) is 4.40. The van der Waals surface area contributed by atoms with Gasteiger partial charge in [-0.25, -0.2) is 0 Å². The summed E-state index contributed by atoms with van der Waals surface area (Å²) in [6, 6.07) is 14.9. The van der Waals surface area contributed by atoms with Crippen molar-refractivity contribution in [2.24, 2.45) is 0 Å². The molecule has 1 saturated carbocycles. The van der Waals surface area contributed by atoms with Gasteiger partial charge in [0.25, 0.3) is 5.91 Å². The summed E-state index contributed by atoms with van der Waals surface area (Å²) in [7, 11) is 3.14. The average Bonchev–Trinajstić information content (AvgIpc) is 3.53. The molecule has 3 aromatic rings. The fourth-order valence-electron chi connectivity index (χ4n) is 4.40. The van der Waals surface area contributed by atoms with E-state index in [2.05, 4.69) is 5.32 Å². The molecule has 0 saturated heterocycles. The number of halogens is 3. The van der Waals surface area contributed by atoms with Crippen LogP contribution < -0.4 is 14.8 Å². The van der Waals surface area contributed by atoms with Crippen molar-refractivity contribution in [1.82, 2.24) is 4.90 Å². The van der Waals surface area contributed by atoms with E-state index in [1.165, 1.54) is 35.2 Å². The predicted octanol–water partition coefficient (Wildman–Crippen LogP) is 5.47. The number of carbonyl (C=O) groups is 2. The molecule has 1 fully saturated rings. The molecule has 1 heterocycles. The number of hydrogen-bond donors (Lipinski definition) is 1. The number of rotatable bonds is 5. The summed E-state index contributed by atoms with van der Waals surface area (Å²) in [5, 5.41) is 2.80. The van der Waals surface area contributed by atoms with E-state index >= 15 is 0 Å². The quantitative estimate of drug-likeness (QED) is 0.509. The molecule has 2 aliphatic rings. The molecule has 36 heavy (non-hydrogen) atoms. The summed E-state index contributed by atoms with van der Waals surface area (Å²) in [5.74, 6) is 0.547. The zero-order valence-electron chi connectivity index (χ0n) is 19.6. The van der Waals surface area contributed by atoms with Crippen molar-refractivity contribution in [2.75, 3.05) is 26.2 Å². The zero-order valence-corrected chi connectivity index (χ0v) is 19.6. The SMILES string of the molecule is CN(C)C(=O)c1cccc(-c2cc(NC(=O)C3(c4ccc5c(c4)OCO5)CC3)ccc2C(F)(F)F)c1.